The summed E-state index contributed by atoms with van der Waals surface area (Å²) in [7, 11) is 0. The highest BCUT2D eigenvalue weighted by Crippen LogP contribution is 2.42. The van der Waals surface area contributed by atoms with Gasteiger partial charge in [0, 0.05) is 0 Å². The predicted molar refractivity (Wildman–Crippen MR) is 79.8 cm³/mol. The highest BCUT2D eigenvalue weighted by molar-refractivity contribution is 4.98. The quantitative estimate of drug-likeness (QED) is 0.612. The van der Waals surface area contributed by atoms with Gasteiger partial charge in [0.1, 0.15) is 0 Å². The Morgan fingerprint density at radius 2 is 1.56 bits per heavy atom. The van der Waals surface area contributed by atoms with Crippen LogP contribution in [0.4, 0.5) is 0 Å². The molecule has 0 spiro atoms. The van der Waals surface area contributed by atoms with Crippen molar-refractivity contribution < 1.29 is 4.74 Å². The standard InChI is InChI=1S/C17H32O/c1-15(2,3)10-9-13-17(11-7-8-12-17)14-18-16(4,5)6/h9-10H,7-8,11-14H2,1-6H3/b10-9+. The van der Waals surface area contributed by atoms with E-state index in [0.717, 1.165) is 6.61 Å². The zero-order chi connectivity index (χ0) is 13.9. The lowest BCUT2D eigenvalue weighted by molar-refractivity contribution is -0.0503. The first-order chi connectivity index (χ1) is 8.12. The Balaban J connectivity index is 2.56. The van der Waals surface area contributed by atoms with E-state index in [1.54, 1.807) is 0 Å². The van der Waals surface area contributed by atoms with Crippen molar-refractivity contribution in [1.82, 2.24) is 0 Å². The molecule has 0 aromatic heterocycles. The molecule has 0 unspecified atom stereocenters. The molecule has 1 fully saturated rings. The number of ether oxygens (including phenoxy) is 1. The fourth-order valence-corrected chi connectivity index (χ4v) is 2.56. The minimum absolute atomic E-state index is 0.0106. The third-order valence-electron chi connectivity index (χ3n) is 3.64. The summed E-state index contributed by atoms with van der Waals surface area (Å²) in [6, 6.07) is 0. The molecule has 1 rings (SSSR count). The second-order valence-electron chi connectivity index (χ2n) is 8.08. The maximum Gasteiger partial charge on any atom is 0.0598 e. The molecule has 18 heavy (non-hydrogen) atoms. The summed E-state index contributed by atoms with van der Waals surface area (Å²) in [5.74, 6) is 0. The third-order valence-corrected chi connectivity index (χ3v) is 3.64. The lowest BCUT2D eigenvalue weighted by atomic mass is 9.82. The van der Waals surface area contributed by atoms with E-state index >= 15 is 0 Å². The summed E-state index contributed by atoms with van der Waals surface area (Å²) < 4.78 is 6.07. The van der Waals surface area contributed by atoms with Crippen LogP contribution < -0.4 is 0 Å². The maximum atomic E-state index is 6.07. The Bertz CT molecular complexity index is 269. The second kappa shape index (κ2) is 5.77. The third kappa shape index (κ3) is 6.04. The van der Waals surface area contributed by atoms with Gasteiger partial charge in [-0.25, -0.2) is 0 Å². The maximum absolute atomic E-state index is 6.07. The topological polar surface area (TPSA) is 9.23 Å². The van der Waals surface area contributed by atoms with Crippen molar-refractivity contribution in [1.29, 1.82) is 0 Å². The highest BCUT2D eigenvalue weighted by atomic mass is 16.5. The van der Waals surface area contributed by atoms with E-state index < -0.39 is 0 Å². The molecular formula is C17H32O. The molecule has 106 valence electrons. The molecule has 0 heterocycles. The second-order valence-corrected chi connectivity index (χ2v) is 8.08. The molecule has 0 N–H and O–H groups in total. The van der Waals surface area contributed by atoms with E-state index in [-0.39, 0.29) is 5.60 Å². The van der Waals surface area contributed by atoms with Gasteiger partial charge in [0.15, 0.2) is 0 Å². The van der Waals surface area contributed by atoms with E-state index in [1.807, 2.05) is 0 Å². The van der Waals surface area contributed by atoms with Gasteiger partial charge in [-0.2, -0.15) is 0 Å². The van der Waals surface area contributed by atoms with Crippen molar-refractivity contribution in [2.75, 3.05) is 6.61 Å². The summed E-state index contributed by atoms with van der Waals surface area (Å²) >= 11 is 0. The van der Waals surface area contributed by atoms with Crippen molar-refractivity contribution in [3.05, 3.63) is 12.2 Å². The molecule has 1 saturated carbocycles. The van der Waals surface area contributed by atoms with Crippen LogP contribution in [0.15, 0.2) is 12.2 Å². The zero-order valence-electron chi connectivity index (χ0n) is 13.3. The average Bonchev–Trinajstić information content (AvgIpc) is 2.61. The fraction of sp³-hybridized carbons (Fsp3) is 0.882. The van der Waals surface area contributed by atoms with Gasteiger partial charge < -0.3 is 4.74 Å². The lowest BCUT2D eigenvalue weighted by Gasteiger charge is -2.32. The van der Waals surface area contributed by atoms with E-state index in [4.69, 9.17) is 4.74 Å². The number of allylic oxidation sites excluding steroid dienone is 2. The summed E-state index contributed by atoms with van der Waals surface area (Å²) in [4.78, 5) is 0. The van der Waals surface area contributed by atoms with Gasteiger partial charge in [0.05, 0.1) is 12.2 Å². The van der Waals surface area contributed by atoms with Crippen LogP contribution in [0.1, 0.15) is 73.6 Å². The lowest BCUT2D eigenvalue weighted by Crippen LogP contribution is -2.30. The minimum atomic E-state index is -0.0106. The van der Waals surface area contributed by atoms with Crippen molar-refractivity contribution >= 4 is 0 Å². The molecule has 0 aromatic rings. The molecule has 0 atom stereocenters. The molecule has 0 bridgehead atoms. The molecular weight excluding hydrogens is 220 g/mol. The molecule has 0 saturated heterocycles. The van der Waals surface area contributed by atoms with Crippen LogP contribution in [0.25, 0.3) is 0 Å². The van der Waals surface area contributed by atoms with Crippen molar-refractivity contribution in [3.63, 3.8) is 0 Å². The molecule has 1 aliphatic carbocycles. The predicted octanol–water partition coefficient (Wildman–Crippen LogP) is 5.35. The first-order valence-corrected chi connectivity index (χ1v) is 7.44. The van der Waals surface area contributed by atoms with Crippen LogP contribution >= 0.6 is 0 Å². The van der Waals surface area contributed by atoms with Crippen molar-refractivity contribution in [2.45, 2.75) is 79.2 Å². The first kappa shape index (κ1) is 15.8. The summed E-state index contributed by atoms with van der Waals surface area (Å²) in [6.07, 6.45) is 11.3. The Labute approximate surface area is 114 Å². The average molecular weight is 252 g/mol. The van der Waals surface area contributed by atoms with Crippen LogP contribution in [-0.2, 0) is 4.74 Å². The summed E-state index contributed by atoms with van der Waals surface area (Å²) in [5, 5.41) is 0. The molecule has 0 aliphatic heterocycles. The first-order valence-electron chi connectivity index (χ1n) is 7.44. The van der Waals surface area contributed by atoms with Gasteiger partial charge >= 0.3 is 0 Å². The van der Waals surface area contributed by atoms with Gasteiger partial charge in [-0.05, 0) is 50.9 Å². The Kier molecular flexibility index (Phi) is 5.05. The van der Waals surface area contributed by atoms with Crippen molar-refractivity contribution in [3.8, 4) is 0 Å². The summed E-state index contributed by atoms with van der Waals surface area (Å²) in [6.45, 7) is 14.2. The van der Waals surface area contributed by atoms with Gasteiger partial charge in [-0.15, -0.1) is 0 Å². The molecule has 1 heteroatoms. The number of hydrogen-bond acceptors (Lipinski definition) is 1. The van der Waals surface area contributed by atoms with Gasteiger partial charge in [-0.3, -0.25) is 0 Å². The number of hydrogen-bond donors (Lipinski definition) is 0. The van der Waals surface area contributed by atoms with Crippen molar-refractivity contribution in [2.24, 2.45) is 10.8 Å². The SMILES string of the molecule is CC(C)(C)/C=C/CC1(COC(C)(C)C)CCCC1. The monoisotopic (exact) mass is 252 g/mol. The molecule has 0 aromatic carbocycles. The molecule has 1 aliphatic rings. The Morgan fingerprint density at radius 1 is 1.00 bits per heavy atom. The number of rotatable bonds is 4. The molecule has 1 nitrogen and oxygen atoms in total. The van der Waals surface area contributed by atoms with Gasteiger partial charge in [-0.1, -0.05) is 45.8 Å². The normalized spacial score (nSPS) is 20.8. The van der Waals surface area contributed by atoms with Gasteiger partial charge in [0.2, 0.25) is 0 Å². The van der Waals surface area contributed by atoms with Crippen LogP contribution in [0.3, 0.4) is 0 Å². The van der Waals surface area contributed by atoms with E-state index in [1.165, 1.54) is 32.1 Å². The van der Waals surface area contributed by atoms with E-state index in [0.29, 0.717) is 10.8 Å². The van der Waals surface area contributed by atoms with E-state index in [9.17, 15) is 0 Å². The van der Waals surface area contributed by atoms with Crippen LogP contribution in [0, 0.1) is 10.8 Å². The van der Waals surface area contributed by atoms with Crippen LogP contribution in [-0.4, -0.2) is 12.2 Å². The Morgan fingerprint density at radius 3 is 2.00 bits per heavy atom. The smallest absolute Gasteiger partial charge is 0.0598 e. The van der Waals surface area contributed by atoms with Crippen LogP contribution in [0.2, 0.25) is 0 Å². The minimum Gasteiger partial charge on any atom is -0.375 e. The zero-order valence-corrected chi connectivity index (χ0v) is 13.3. The molecule has 0 amide bonds. The largest absolute Gasteiger partial charge is 0.375 e. The molecule has 0 radical (unpaired) electrons. The van der Waals surface area contributed by atoms with Gasteiger partial charge in [0.25, 0.3) is 0 Å². The Hall–Kier alpha value is -0.300. The van der Waals surface area contributed by atoms with Crippen LogP contribution in [0.5, 0.6) is 0 Å². The summed E-state index contributed by atoms with van der Waals surface area (Å²) in [5.41, 5.74) is 0.697. The fourth-order valence-electron chi connectivity index (χ4n) is 2.56. The highest BCUT2D eigenvalue weighted by Gasteiger charge is 2.34. The van der Waals surface area contributed by atoms with E-state index in [2.05, 4.69) is 53.7 Å².